The Balaban J connectivity index is 2.60. The van der Waals surface area contributed by atoms with E-state index in [9.17, 15) is 4.79 Å². The van der Waals surface area contributed by atoms with Gasteiger partial charge in [-0.2, -0.15) is 0 Å². The van der Waals surface area contributed by atoms with Gasteiger partial charge in [0.05, 0.1) is 12.6 Å². The summed E-state index contributed by atoms with van der Waals surface area (Å²) in [7, 11) is 0. The van der Waals surface area contributed by atoms with Crippen LogP contribution in [0.4, 0.5) is 0 Å². The second kappa shape index (κ2) is 9.79. The molecule has 4 nitrogen and oxygen atoms in total. The number of halogens is 1. The van der Waals surface area contributed by atoms with Gasteiger partial charge < -0.3 is 15.4 Å². The lowest BCUT2D eigenvalue weighted by Gasteiger charge is -2.16. The van der Waals surface area contributed by atoms with E-state index in [0.29, 0.717) is 19.7 Å². The lowest BCUT2D eigenvalue weighted by Crippen LogP contribution is -2.42. The summed E-state index contributed by atoms with van der Waals surface area (Å²) in [5.74, 6) is 0.900. The molecule has 0 spiro atoms. The Bertz CT molecular complexity index is 452. The average molecular weight is 357 g/mol. The number of rotatable bonds is 9. The number of hydrogen-bond donors (Lipinski definition) is 2. The van der Waals surface area contributed by atoms with Gasteiger partial charge >= 0.3 is 0 Å². The first-order valence-electron chi connectivity index (χ1n) is 7.50. The monoisotopic (exact) mass is 356 g/mol. The first-order chi connectivity index (χ1) is 10.1. The van der Waals surface area contributed by atoms with Crippen molar-refractivity contribution in [2.45, 2.75) is 46.2 Å². The maximum atomic E-state index is 11.8. The third-order valence-corrected chi connectivity index (χ3v) is 3.52. The van der Waals surface area contributed by atoms with Crippen LogP contribution in [0.25, 0.3) is 0 Å². The summed E-state index contributed by atoms with van der Waals surface area (Å²) in [6.45, 7) is 8.00. The van der Waals surface area contributed by atoms with Crippen LogP contribution in [0.2, 0.25) is 0 Å². The molecule has 0 heterocycles. The van der Waals surface area contributed by atoms with Crippen molar-refractivity contribution in [2.75, 3.05) is 13.2 Å². The van der Waals surface area contributed by atoms with E-state index in [1.54, 1.807) is 0 Å². The van der Waals surface area contributed by atoms with Crippen molar-refractivity contribution >= 4 is 21.8 Å². The van der Waals surface area contributed by atoms with Gasteiger partial charge in [0.1, 0.15) is 5.75 Å². The van der Waals surface area contributed by atoms with Crippen LogP contribution in [0.5, 0.6) is 5.75 Å². The fourth-order valence-corrected chi connectivity index (χ4v) is 2.20. The zero-order valence-corrected chi connectivity index (χ0v) is 14.6. The molecular formula is C16H25BrN2O2. The number of ether oxygens (including phenoxy) is 1. The van der Waals surface area contributed by atoms with Crippen LogP contribution < -0.4 is 15.4 Å². The van der Waals surface area contributed by atoms with Gasteiger partial charge in [-0.05, 0) is 38.0 Å². The van der Waals surface area contributed by atoms with Crippen molar-refractivity contribution in [1.82, 2.24) is 10.6 Å². The second-order valence-electron chi connectivity index (χ2n) is 4.99. The molecule has 0 saturated carbocycles. The molecule has 0 fully saturated rings. The molecule has 0 aliphatic heterocycles. The minimum absolute atomic E-state index is 0.0304. The number of nitrogens with one attached hydrogen (secondary N) is 2. The van der Waals surface area contributed by atoms with Gasteiger partial charge in [0.25, 0.3) is 0 Å². The van der Waals surface area contributed by atoms with Gasteiger partial charge in [-0.3, -0.25) is 4.79 Å². The van der Waals surface area contributed by atoms with Crippen molar-refractivity contribution in [2.24, 2.45) is 0 Å². The number of amides is 1. The predicted octanol–water partition coefficient (Wildman–Crippen LogP) is 3.24. The van der Waals surface area contributed by atoms with Gasteiger partial charge in [-0.1, -0.05) is 29.8 Å². The van der Waals surface area contributed by atoms with Crippen LogP contribution in [0, 0.1) is 0 Å². The molecule has 0 aromatic heterocycles. The molecule has 21 heavy (non-hydrogen) atoms. The second-order valence-corrected chi connectivity index (χ2v) is 5.91. The summed E-state index contributed by atoms with van der Waals surface area (Å²) in [6, 6.07) is 5.72. The van der Waals surface area contributed by atoms with Crippen LogP contribution in [-0.4, -0.2) is 25.1 Å². The zero-order valence-electron chi connectivity index (χ0n) is 13.0. The minimum Gasteiger partial charge on any atom is -0.493 e. The third-order valence-electron chi connectivity index (χ3n) is 3.03. The highest BCUT2D eigenvalue weighted by Crippen LogP contribution is 2.23. The Hall–Kier alpha value is -1.07. The van der Waals surface area contributed by atoms with E-state index in [-0.39, 0.29) is 11.9 Å². The first kappa shape index (κ1) is 18.0. The summed E-state index contributed by atoms with van der Waals surface area (Å²) in [5, 5.41) is 6.13. The van der Waals surface area contributed by atoms with Gasteiger partial charge in [0, 0.05) is 23.1 Å². The summed E-state index contributed by atoms with van der Waals surface area (Å²) < 4.78 is 6.74. The topological polar surface area (TPSA) is 50.4 Å². The van der Waals surface area contributed by atoms with Crippen molar-refractivity contribution in [3.8, 4) is 5.75 Å². The molecule has 118 valence electrons. The Morgan fingerprint density at radius 3 is 2.76 bits per heavy atom. The summed E-state index contributed by atoms with van der Waals surface area (Å²) in [4.78, 5) is 11.8. The average Bonchev–Trinajstić information content (AvgIpc) is 2.49. The normalized spacial score (nSPS) is 12.0. The lowest BCUT2D eigenvalue weighted by atomic mass is 10.2. The molecule has 1 unspecified atom stereocenters. The molecule has 0 aliphatic rings. The summed E-state index contributed by atoms with van der Waals surface area (Å²) in [5.41, 5.74) is 1.05. The fraction of sp³-hybridized carbons (Fsp3) is 0.562. The summed E-state index contributed by atoms with van der Waals surface area (Å²) in [6.07, 6.45) is 1.91. The van der Waals surface area contributed by atoms with Crippen LogP contribution in [-0.2, 0) is 11.3 Å². The molecule has 1 amide bonds. The molecule has 0 aliphatic carbocycles. The molecule has 1 aromatic rings. The van der Waals surface area contributed by atoms with Crippen molar-refractivity contribution in [3.63, 3.8) is 0 Å². The smallest absolute Gasteiger partial charge is 0.236 e. The molecule has 1 aromatic carbocycles. The first-order valence-corrected chi connectivity index (χ1v) is 8.30. The molecule has 0 radical (unpaired) electrons. The fourth-order valence-electron chi connectivity index (χ4n) is 1.80. The SMILES string of the molecule is CCCNC(=O)C(C)NCc1cc(Br)ccc1OCCC. The van der Waals surface area contributed by atoms with Crippen molar-refractivity contribution < 1.29 is 9.53 Å². The quantitative estimate of drug-likeness (QED) is 0.713. The molecule has 1 rings (SSSR count). The highest BCUT2D eigenvalue weighted by Gasteiger charge is 2.12. The van der Waals surface area contributed by atoms with Crippen LogP contribution >= 0.6 is 15.9 Å². The van der Waals surface area contributed by atoms with Gasteiger partial charge in [0.2, 0.25) is 5.91 Å². The van der Waals surface area contributed by atoms with Crippen LogP contribution in [0.1, 0.15) is 39.2 Å². The highest BCUT2D eigenvalue weighted by atomic mass is 79.9. The largest absolute Gasteiger partial charge is 0.493 e. The minimum atomic E-state index is -0.227. The number of benzene rings is 1. The van der Waals surface area contributed by atoms with E-state index in [0.717, 1.165) is 28.6 Å². The number of hydrogen-bond acceptors (Lipinski definition) is 3. The molecule has 2 N–H and O–H groups in total. The van der Waals surface area contributed by atoms with E-state index in [1.807, 2.05) is 32.0 Å². The number of carbonyl (C=O) groups is 1. The van der Waals surface area contributed by atoms with Gasteiger partial charge in [0.15, 0.2) is 0 Å². The van der Waals surface area contributed by atoms with E-state index >= 15 is 0 Å². The van der Waals surface area contributed by atoms with Gasteiger partial charge in [-0.15, -0.1) is 0 Å². The van der Waals surface area contributed by atoms with Gasteiger partial charge in [-0.25, -0.2) is 0 Å². The molecule has 0 saturated heterocycles. The summed E-state index contributed by atoms with van der Waals surface area (Å²) >= 11 is 3.47. The molecular weight excluding hydrogens is 332 g/mol. The number of carbonyl (C=O) groups excluding carboxylic acids is 1. The molecule has 1 atom stereocenters. The van der Waals surface area contributed by atoms with Crippen molar-refractivity contribution in [3.05, 3.63) is 28.2 Å². The Morgan fingerprint density at radius 2 is 2.10 bits per heavy atom. The Kier molecular flexibility index (Phi) is 8.38. The standard InChI is InChI=1S/C16H25BrN2O2/c1-4-8-18-16(20)12(3)19-11-13-10-14(17)6-7-15(13)21-9-5-2/h6-7,10,12,19H,4-5,8-9,11H2,1-3H3,(H,18,20). The Labute approximate surface area is 135 Å². The van der Waals surface area contributed by atoms with Crippen LogP contribution in [0.15, 0.2) is 22.7 Å². The van der Waals surface area contributed by atoms with Crippen LogP contribution in [0.3, 0.4) is 0 Å². The molecule has 0 bridgehead atoms. The zero-order chi connectivity index (χ0) is 15.7. The van der Waals surface area contributed by atoms with Crippen molar-refractivity contribution in [1.29, 1.82) is 0 Å². The lowest BCUT2D eigenvalue weighted by molar-refractivity contribution is -0.122. The van der Waals surface area contributed by atoms with E-state index in [1.165, 1.54) is 0 Å². The highest BCUT2D eigenvalue weighted by molar-refractivity contribution is 9.10. The van der Waals surface area contributed by atoms with E-state index in [4.69, 9.17) is 4.74 Å². The maximum Gasteiger partial charge on any atom is 0.236 e. The predicted molar refractivity (Wildman–Crippen MR) is 89.5 cm³/mol. The maximum absolute atomic E-state index is 11.8. The van der Waals surface area contributed by atoms with E-state index < -0.39 is 0 Å². The van der Waals surface area contributed by atoms with E-state index in [2.05, 4.69) is 33.5 Å². The Morgan fingerprint density at radius 1 is 1.33 bits per heavy atom. The molecule has 5 heteroatoms. The third kappa shape index (κ3) is 6.48.